The van der Waals surface area contributed by atoms with Crippen LogP contribution in [0, 0.1) is 0 Å². The summed E-state index contributed by atoms with van der Waals surface area (Å²) in [5, 5.41) is 2.94. The summed E-state index contributed by atoms with van der Waals surface area (Å²) < 4.78 is 5.69. The third-order valence-corrected chi connectivity index (χ3v) is 3.95. The molecule has 0 saturated heterocycles. The summed E-state index contributed by atoms with van der Waals surface area (Å²) in [5.41, 5.74) is 2.05. The van der Waals surface area contributed by atoms with Gasteiger partial charge in [-0.15, -0.1) is 0 Å². The van der Waals surface area contributed by atoms with E-state index in [2.05, 4.69) is 28.2 Å². The highest BCUT2D eigenvalue weighted by Gasteiger charge is 2.14. The second-order valence-corrected chi connectivity index (χ2v) is 6.12. The van der Waals surface area contributed by atoms with E-state index in [0.717, 1.165) is 6.42 Å². The maximum atomic E-state index is 12.0. The highest BCUT2D eigenvalue weighted by molar-refractivity contribution is 9.10. The molecule has 0 aromatic heterocycles. The van der Waals surface area contributed by atoms with Crippen molar-refractivity contribution in [2.75, 3.05) is 11.9 Å². The van der Waals surface area contributed by atoms with E-state index in [-0.39, 0.29) is 17.2 Å². The van der Waals surface area contributed by atoms with E-state index in [1.54, 1.807) is 18.2 Å². The largest absolute Gasteiger partial charge is 0.452 e. The van der Waals surface area contributed by atoms with Gasteiger partial charge in [0.1, 0.15) is 0 Å². The van der Waals surface area contributed by atoms with Gasteiger partial charge in [-0.25, -0.2) is 4.79 Å². The minimum absolute atomic E-state index is 0.209. The predicted octanol–water partition coefficient (Wildman–Crippen LogP) is 4.46. The third-order valence-electron chi connectivity index (χ3n) is 3.13. The lowest BCUT2D eigenvalue weighted by Gasteiger charge is -2.08. The van der Waals surface area contributed by atoms with Gasteiger partial charge >= 0.3 is 5.97 Å². The van der Waals surface area contributed by atoms with Crippen LogP contribution in [-0.2, 0) is 16.0 Å². The fraction of sp³-hybridized carbons (Fsp3) is 0.176. The van der Waals surface area contributed by atoms with Gasteiger partial charge in [-0.05, 0) is 42.3 Å². The number of ether oxygens (including phenoxy) is 1. The van der Waals surface area contributed by atoms with E-state index in [1.807, 2.05) is 24.3 Å². The Morgan fingerprint density at radius 3 is 2.52 bits per heavy atom. The van der Waals surface area contributed by atoms with E-state index in [1.165, 1.54) is 5.56 Å². The van der Waals surface area contributed by atoms with Crippen molar-refractivity contribution in [2.45, 2.75) is 13.3 Å². The van der Waals surface area contributed by atoms with Crippen LogP contribution < -0.4 is 5.32 Å². The summed E-state index contributed by atoms with van der Waals surface area (Å²) in [4.78, 5) is 23.8. The number of aryl methyl sites for hydroxylation is 1. The minimum atomic E-state index is -0.646. The number of anilines is 1. The zero-order valence-electron chi connectivity index (χ0n) is 12.4. The molecule has 2 aromatic rings. The van der Waals surface area contributed by atoms with E-state index in [4.69, 9.17) is 16.3 Å². The Balaban J connectivity index is 1.90. The van der Waals surface area contributed by atoms with Crippen molar-refractivity contribution in [3.8, 4) is 0 Å². The molecule has 0 bridgehead atoms. The van der Waals surface area contributed by atoms with Gasteiger partial charge in [-0.3, -0.25) is 4.79 Å². The van der Waals surface area contributed by atoms with Gasteiger partial charge in [-0.2, -0.15) is 0 Å². The number of amides is 1. The Kier molecular flexibility index (Phi) is 6.19. The van der Waals surface area contributed by atoms with Gasteiger partial charge in [0.15, 0.2) is 6.61 Å². The maximum Gasteiger partial charge on any atom is 0.340 e. The van der Waals surface area contributed by atoms with Crippen LogP contribution in [0.2, 0.25) is 5.02 Å². The van der Waals surface area contributed by atoms with E-state index in [9.17, 15) is 9.59 Å². The number of hydrogen-bond acceptors (Lipinski definition) is 3. The smallest absolute Gasteiger partial charge is 0.340 e. The number of halogens is 2. The van der Waals surface area contributed by atoms with E-state index in [0.29, 0.717) is 10.2 Å². The normalized spacial score (nSPS) is 10.2. The highest BCUT2D eigenvalue weighted by Crippen LogP contribution is 2.21. The molecule has 0 heterocycles. The van der Waals surface area contributed by atoms with Crippen molar-refractivity contribution in [2.24, 2.45) is 0 Å². The van der Waals surface area contributed by atoms with Crippen LogP contribution in [0.25, 0.3) is 0 Å². The molecule has 0 atom stereocenters. The zero-order valence-corrected chi connectivity index (χ0v) is 14.8. The molecule has 0 aliphatic carbocycles. The number of benzene rings is 2. The zero-order chi connectivity index (χ0) is 16.8. The van der Waals surface area contributed by atoms with Crippen molar-refractivity contribution in [3.63, 3.8) is 0 Å². The van der Waals surface area contributed by atoms with Crippen LogP contribution in [0.3, 0.4) is 0 Å². The Labute approximate surface area is 147 Å². The Hall–Kier alpha value is -1.85. The lowest BCUT2D eigenvalue weighted by molar-refractivity contribution is -0.119. The van der Waals surface area contributed by atoms with Crippen LogP contribution in [0.1, 0.15) is 22.8 Å². The maximum absolute atomic E-state index is 12.0. The number of nitrogens with one attached hydrogen (secondary N) is 1. The van der Waals surface area contributed by atoms with Crippen molar-refractivity contribution in [3.05, 3.63) is 63.1 Å². The number of carbonyl (C=O) groups excluding carboxylic acids is 2. The van der Waals surface area contributed by atoms with Gasteiger partial charge in [0.05, 0.1) is 10.6 Å². The molecule has 4 nitrogen and oxygen atoms in total. The monoisotopic (exact) mass is 395 g/mol. The number of hydrogen-bond donors (Lipinski definition) is 1. The average Bonchev–Trinajstić information content (AvgIpc) is 2.55. The lowest BCUT2D eigenvalue weighted by atomic mass is 10.1. The average molecular weight is 397 g/mol. The molecule has 0 saturated carbocycles. The van der Waals surface area contributed by atoms with Gasteiger partial charge in [0.2, 0.25) is 0 Å². The molecule has 0 aliphatic heterocycles. The Bertz CT molecular complexity index is 716. The van der Waals surface area contributed by atoms with Crippen LogP contribution >= 0.6 is 27.5 Å². The fourth-order valence-electron chi connectivity index (χ4n) is 1.88. The molecule has 2 rings (SSSR count). The van der Waals surface area contributed by atoms with Gasteiger partial charge in [0.25, 0.3) is 5.91 Å². The van der Waals surface area contributed by atoms with Crippen molar-refractivity contribution < 1.29 is 14.3 Å². The minimum Gasteiger partial charge on any atom is -0.452 e. The Morgan fingerprint density at radius 2 is 1.87 bits per heavy atom. The molecule has 0 unspecified atom stereocenters. The molecule has 0 spiro atoms. The van der Waals surface area contributed by atoms with Crippen LogP contribution in [0.4, 0.5) is 5.69 Å². The molecule has 0 aliphatic rings. The predicted molar refractivity (Wildman–Crippen MR) is 93.9 cm³/mol. The quantitative estimate of drug-likeness (QED) is 0.759. The summed E-state index contributed by atoms with van der Waals surface area (Å²) in [5.74, 6) is -1.05. The first-order valence-corrected chi connectivity index (χ1v) is 8.17. The summed E-state index contributed by atoms with van der Waals surface area (Å²) in [6.07, 6.45) is 0.930. The molecule has 120 valence electrons. The summed E-state index contributed by atoms with van der Waals surface area (Å²) >= 11 is 9.20. The first kappa shape index (κ1) is 17.5. The van der Waals surface area contributed by atoms with Crippen molar-refractivity contribution in [1.29, 1.82) is 0 Å². The number of esters is 1. The standard InChI is InChI=1S/C17H15BrClNO3/c1-2-11-3-6-13(7-4-11)20-16(21)10-23-17(22)14-9-12(18)5-8-15(14)19/h3-9H,2,10H2,1H3,(H,20,21). The van der Waals surface area contributed by atoms with Crippen LogP contribution in [0.15, 0.2) is 46.9 Å². The SMILES string of the molecule is CCc1ccc(NC(=O)COC(=O)c2cc(Br)ccc2Cl)cc1. The van der Waals surface area contributed by atoms with Crippen molar-refractivity contribution >= 4 is 45.1 Å². The molecule has 23 heavy (non-hydrogen) atoms. The van der Waals surface area contributed by atoms with E-state index >= 15 is 0 Å². The van der Waals surface area contributed by atoms with Gasteiger partial charge in [-0.1, -0.05) is 46.6 Å². The number of carbonyl (C=O) groups is 2. The molecule has 6 heteroatoms. The molecule has 1 N–H and O–H groups in total. The highest BCUT2D eigenvalue weighted by atomic mass is 79.9. The first-order valence-electron chi connectivity index (χ1n) is 7.00. The van der Waals surface area contributed by atoms with Gasteiger partial charge < -0.3 is 10.1 Å². The fourth-order valence-corrected chi connectivity index (χ4v) is 2.44. The van der Waals surface area contributed by atoms with Crippen molar-refractivity contribution in [1.82, 2.24) is 0 Å². The lowest BCUT2D eigenvalue weighted by Crippen LogP contribution is -2.21. The number of rotatable bonds is 5. The molecule has 0 fully saturated rings. The first-order chi connectivity index (χ1) is 11.0. The van der Waals surface area contributed by atoms with Crippen LogP contribution in [-0.4, -0.2) is 18.5 Å². The molecule has 1 amide bonds. The van der Waals surface area contributed by atoms with Gasteiger partial charge in [0, 0.05) is 10.2 Å². The third kappa shape index (κ3) is 5.08. The molecular formula is C17H15BrClNO3. The Morgan fingerprint density at radius 1 is 1.17 bits per heavy atom. The molecule has 2 aromatic carbocycles. The summed E-state index contributed by atoms with van der Waals surface area (Å²) in [6, 6.07) is 12.3. The van der Waals surface area contributed by atoms with Crippen LogP contribution in [0.5, 0.6) is 0 Å². The van der Waals surface area contributed by atoms with E-state index < -0.39 is 11.9 Å². The second kappa shape index (κ2) is 8.13. The molecular weight excluding hydrogens is 382 g/mol. The molecule has 0 radical (unpaired) electrons. The summed E-state index contributed by atoms with van der Waals surface area (Å²) in [6.45, 7) is 1.68. The topological polar surface area (TPSA) is 55.4 Å². The second-order valence-electron chi connectivity index (χ2n) is 4.80. The summed E-state index contributed by atoms with van der Waals surface area (Å²) in [7, 11) is 0.